The van der Waals surface area contributed by atoms with E-state index in [1.54, 1.807) is 6.21 Å². The van der Waals surface area contributed by atoms with E-state index >= 15 is 0 Å². The zero-order chi connectivity index (χ0) is 21.1. The van der Waals surface area contributed by atoms with Gasteiger partial charge in [0.2, 0.25) is 0 Å². The third-order valence-electron chi connectivity index (χ3n) is 3.76. The number of hydrogen-bond donors (Lipinski definition) is 1. The highest BCUT2D eigenvalue weighted by atomic mass is 32.2. The molecule has 0 saturated carbocycles. The third-order valence-corrected chi connectivity index (χ3v) is 4.62. The predicted molar refractivity (Wildman–Crippen MR) is 124 cm³/mol. The molecule has 154 valence electrons. The molecule has 0 aliphatic carbocycles. The van der Waals surface area contributed by atoms with Crippen LogP contribution in [0.2, 0.25) is 0 Å². The Kier molecular flexibility index (Phi) is 9.31. The summed E-state index contributed by atoms with van der Waals surface area (Å²) < 4.78 is 11.8. The van der Waals surface area contributed by atoms with Gasteiger partial charge >= 0.3 is 0 Å². The van der Waals surface area contributed by atoms with Crippen LogP contribution < -0.4 is 15.2 Å². The maximum atomic E-state index is 5.99. The number of nitrogens with zero attached hydrogens (tertiary/aromatic N) is 2. The molecule has 0 aliphatic rings. The number of hydrogen-bond acceptors (Lipinski definition) is 5. The van der Waals surface area contributed by atoms with E-state index in [0.29, 0.717) is 23.9 Å². The molecule has 0 amide bonds. The first kappa shape index (κ1) is 22.6. The van der Waals surface area contributed by atoms with Crippen LogP contribution in [0.4, 0.5) is 0 Å². The van der Waals surface area contributed by atoms with Crippen LogP contribution in [0.15, 0.2) is 65.3 Å². The molecular weight excluding hydrogens is 382 g/mol. The quantitative estimate of drug-likeness (QED) is 0.253. The van der Waals surface area contributed by atoms with Crippen molar-refractivity contribution < 1.29 is 9.47 Å². The molecule has 2 aromatic rings. The van der Waals surface area contributed by atoms with Crippen molar-refractivity contribution in [2.75, 3.05) is 6.61 Å². The summed E-state index contributed by atoms with van der Waals surface area (Å²) in [6, 6.07) is 14.0. The van der Waals surface area contributed by atoms with Gasteiger partial charge in [-0.3, -0.25) is 0 Å². The van der Waals surface area contributed by atoms with Crippen molar-refractivity contribution in [3.05, 3.63) is 71.8 Å². The SMILES string of the molecule is C=CCc1cc(C=NN=C(N)SCc2ccccc2)cc(OCC)c1OC(C)C. The summed E-state index contributed by atoms with van der Waals surface area (Å²) in [6.07, 6.45) is 4.23. The van der Waals surface area contributed by atoms with E-state index in [0.717, 1.165) is 22.6 Å². The number of allylic oxidation sites excluding steroid dienone is 1. The fourth-order valence-corrected chi connectivity index (χ4v) is 3.22. The molecule has 29 heavy (non-hydrogen) atoms. The van der Waals surface area contributed by atoms with Gasteiger partial charge in [-0.2, -0.15) is 5.10 Å². The molecular formula is C23H29N3O2S. The Bertz CT molecular complexity index is 849. The summed E-state index contributed by atoms with van der Waals surface area (Å²) in [7, 11) is 0. The van der Waals surface area contributed by atoms with Gasteiger partial charge in [0, 0.05) is 11.3 Å². The van der Waals surface area contributed by atoms with Gasteiger partial charge in [0.15, 0.2) is 16.7 Å². The van der Waals surface area contributed by atoms with Crippen LogP contribution in [0.3, 0.4) is 0 Å². The van der Waals surface area contributed by atoms with E-state index in [9.17, 15) is 0 Å². The van der Waals surface area contributed by atoms with Crippen LogP contribution >= 0.6 is 11.8 Å². The average Bonchev–Trinajstić information content (AvgIpc) is 2.70. The van der Waals surface area contributed by atoms with E-state index < -0.39 is 0 Å². The summed E-state index contributed by atoms with van der Waals surface area (Å²) in [4.78, 5) is 0. The van der Waals surface area contributed by atoms with Crippen LogP contribution in [0.1, 0.15) is 37.5 Å². The van der Waals surface area contributed by atoms with Gasteiger partial charge in [-0.1, -0.05) is 48.2 Å². The van der Waals surface area contributed by atoms with Gasteiger partial charge in [-0.25, -0.2) is 0 Å². The Morgan fingerprint density at radius 2 is 2.00 bits per heavy atom. The lowest BCUT2D eigenvalue weighted by Crippen LogP contribution is -2.10. The first-order chi connectivity index (χ1) is 14.0. The zero-order valence-corrected chi connectivity index (χ0v) is 18.1. The minimum absolute atomic E-state index is 0.0447. The molecule has 2 N–H and O–H groups in total. The smallest absolute Gasteiger partial charge is 0.180 e. The standard InChI is InChI=1S/C23H29N3O2S/c1-5-10-20-13-19(14-21(27-6-2)22(20)28-17(3)4)15-25-26-23(24)29-16-18-11-8-7-9-12-18/h5,7-9,11-15,17H,1,6,10,16H2,2-4H3,(H2,24,26). The lowest BCUT2D eigenvalue weighted by atomic mass is 10.1. The molecule has 0 spiro atoms. The second-order valence-electron chi connectivity index (χ2n) is 6.56. The van der Waals surface area contributed by atoms with E-state index in [1.165, 1.54) is 17.3 Å². The van der Waals surface area contributed by atoms with Gasteiger partial charge in [0.05, 0.1) is 18.9 Å². The first-order valence-electron chi connectivity index (χ1n) is 9.64. The number of ether oxygens (including phenoxy) is 2. The van der Waals surface area contributed by atoms with Crippen molar-refractivity contribution in [1.29, 1.82) is 0 Å². The summed E-state index contributed by atoms with van der Waals surface area (Å²) in [6.45, 7) is 10.3. The second-order valence-corrected chi connectivity index (χ2v) is 7.55. The van der Waals surface area contributed by atoms with Crippen molar-refractivity contribution in [2.45, 2.75) is 39.0 Å². The molecule has 0 aliphatic heterocycles. The zero-order valence-electron chi connectivity index (χ0n) is 17.3. The van der Waals surface area contributed by atoms with E-state index in [4.69, 9.17) is 15.2 Å². The van der Waals surface area contributed by atoms with Crippen molar-refractivity contribution in [3.8, 4) is 11.5 Å². The average molecular weight is 412 g/mol. The summed E-state index contributed by atoms with van der Waals surface area (Å²) in [5.74, 6) is 2.20. The molecule has 6 heteroatoms. The Balaban J connectivity index is 2.16. The van der Waals surface area contributed by atoms with Crippen molar-refractivity contribution in [3.63, 3.8) is 0 Å². The summed E-state index contributed by atoms with van der Waals surface area (Å²) in [5, 5.41) is 8.65. The van der Waals surface area contributed by atoms with Crippen LogP contribution in [-0.4, -0.2) is 24.1 Å². The molecule has 0 heterocycles. The minimum atomic E-state index is 0.0447. The summed E-state index contributed by atoms with van der Waals surface area (Å²) in [5.41, 5.74) is 9.02. The summed E-state index contributed by atoms with van der Waals surface area (Å²) >= 11 is 1.45. The van der Waals surface area contributed by atoms with Crippen molar-refractivity contribution in [2.24, 2.45) is 15.9 Å². The van der Waals surface area contributed by atoms with E-state index in [1.807, 2.05) is 57.2 Å². The Morgan fingerprint density at radius 1 is 1.24 bits per heavy atom. The molecule has 2 aromatic carbocycles. The lowest BCUT2D eigenvalue weighted by molar-refractivity contribution is 0.222. The highest BCUT2D eigenvalue weighted by Gasteiger charge is 2.14. The fourth-order valence-electron chi connectivity index (χ4n) is 2.61. The molecule has 0 fully saturated rings. The third kappa shape index (κ3) is 7.66. The largest absolute Gasteiger partial charge is 0.490 e. The van der Waals surface area contributed by atoms with Crippen LogP contribution in [0.25, 0.3) is 0 Å². The Labute approximate surface area is 177 Å². The van der Waals surface area contributed by atoms with Gasteiger partial charge in [-0.05, 0) is 50.5 Å². The molecule has 5 nitrogen and oxygen atoms in total. The normalized spacial score (nSPS) is 11.8. The van der Waals surface area contributed by atoms with Gasteiger partial charge in [0.1, 0.15) is 0 Å². The molecule has 0 bridgehead atoms. The maximum Gasteiger partial charge on any atom is 0.180 e. The molecule has 0 unspecified atom stereocenters. The monoisotopic (exact) mass is 411 g/mol. The van der Waals surface area contributed by atoms with E-state index in [2.05, 4.69) is 28.9 Å². The number of amidine groups is 1. The predicted octanol–water partition coefficient (Wildman–Crippen LogP) is 5.18. The van der Waals surface area contributed by atoms with Crippen LogP contribution in [0, 0.1) is 0 Å². The van der Waals surface area contributed by atoms with Crippen LogP contribution in [-0.2, 0) is 12.2 Å². The fraction of sp³-hybridized carbons (Fsp3) is 0.304. The maximum absolute atomic E-state index is 5.99. The second kappa shape index (κ2) is 12.0. The number of thioether (sulfide) groups is 1. The molecule has 0 aromatic heterocycles. The van der Waals surface area contributed by atoms with Crippen molar-refractivity contribution in [1.82, 2.24) is 0 Å². The van der Waals surface area contributed by atoms with E-state index in [-0.39, 0.29) is 6.10 Å². The highest BCUT2D eigenvalue weighted by molar-refractivity contribution is 8.13. The Hall–Kier alpha value is -2.73. The minimum Gasteiger partial charge on any atom is -0.490 e. The highest BCUT2D eigenvalue weighted by Crippen LogP contribution is 2.34. The van der Waals surface area contributed by atoms with Crippen LogP contribution in [0.5, 0.6) is 11.5 Å². The molecule has 2 rings (SSSR count). The molecule has 0 atom stereocenters. The number of nitrogens with two attached hydrogens (primary N) is 1. The van der Waals surface area contributed by atoms with Gasteiger partial charge in [0.25, 0.3) is 0 Å². The van der Waals surface area contributed by atoms with Gasteiger partial charge < -0.3 is 15.2 Å². The number of benzene rings is 2. The topological polar surface area (TPSA) is 69.2 Å². The van der Waals surface area contributed by atoms with Crippen molar-refractivity contribution >= 4 is 23.1 Å². The lowest BCUT2D eigenvalue weighted by Gasteiger charge is -2.18. The molecule has 0 radical (unpaired) electrons. The molecule has 0 saturated heterocycles. The van der Waals surface area contributed by atoms with Gasteiger partial charge in [-0.15, -0.1) is 11.7 Å². The Morgan fingerprint density at radius 3 is 2.66 bits per heavy atom. The first-order valence-corrected chi connectivity index (χ1v) is 10.6. The number of rotatable bonds is 10.